The van der Waals surface area contributed by atoms with Crippen LogP contribution in [-0.2, 0) is 0 Å². The number of benzene rings is 2. The first kappa shape index (κ1) is 16.1. The van der Waals surface area contributed by atoms with E-state index in [-0.39, 0.29) is 6.04 Å². The van der Waals surface area contributed by atoms with Gasteiger partial charge >= 0.3 is 0 Å². The lowest BCUT2D eigenvalue weighted by Crippen LogP contribution is -2.24. The van der Waals surface area contributed by atoms with Crippen LogP contribution in [0.25, 0.3) is 0 Å². The molecule has 0 spiro atoms. The second kappa shape index (κ2) is 6.67. The molecule has 1 unspecified atom stereocenters. The van der Waals surface area contributed by atoms with Crippen molar-refractivity contribution in [3.63, 3.8) is 0 Å². The van der Waals surface area contributed by atoms with Gasteiger partial charge in [0.25, 0.3) is 0 Å². The van der Waals surface area contributed by atoms with Crippen LogP contribution in [0.2, 0.25) is 0 Å². The Bertz CT molecular complexity index is 655. The summed E-state index contributed by atoms with van der Waals surface area (Å²) in [6.45, 7) is 6.14. The summed E-state index contributed by atoms with van der Waals surface area (Å²) in [7, 11) is 0. The van der Waals surface area contributed by atoms with Crippen molar-refractivity contribution in [2.45, 2.75) is 26.8 Å². The number of aryl methyl sites for hydroxylation is 2. The molecular formula is C17H18BrF2N. The largest absolute Gasteiger partial charge is 0.306 e. The van der Waals surface area contributed by atoms with Gasteiger partial charge in [0.1, 0.15) is 11.6 Å². The van der Waals surface area contributed by atoms with Gasteiger partial charge in [0.15, 0.2) is 0 Å². The quantitative estimate of drug-likeness (QED) is 0.811. The molecular weight excluding hydrogens is 336 g/mol. The average Bonchev–Trinajstić information content (AvgIpc) is 2.43. The molecule has 0 fully saturated rings. The monoisotopic (exact) mass is 353 g/mol. The fourth-order valence-corrected chi connectivity index (χ4v) is 2.83. The SMILES string of the molecule is CCNC(c1cc(F)c(C)cc1F)c1cc(C)ccc1Br. The van der Waals surface area contributed by atoms with Crippen molar-refractivity contribution in [1.82, 2.24) is 5.32 Å². The molecule has 0 heterocycles. The Morgan fingerprint density at radius 1 is 1.05 bits per heavy atom. The normalized spacial score (nSPS) is 12.5. The first-order valence-electron chi connectivity index (χ1n) is 6.89. The molecule has 4 heteroatoms. The Morgan fingerprint density at radius 3 is 2.43 bits per heavy atom. The fraction of sp³-hybridized carbons (Fsp3) is 0.294. The molecule has 0 aliphatic heterocycles. The minimum atomic E-state index is -0.395. The highest BCUT2D eigenvalue weighted by Crippen LogP contribution is 2.31. The summed E-state index contributed by atoms with van der Waals surface area (Å²) in [6, 6.07) is 8.03. The van der Waals surface area contributed by atoms with Crippen LogP contribution in [0.4, 0.5) is 8.78 Å². The van der Waals surface area contributed by atoms with Crippen LogP contribution in [0.15, 0.2) is 34.8 Å². The summed E-state index contributed by atoms with van der Waals surface area (Å²) in [5.41, 5.74) is 2.61. The van der Waals surface area contributed by atoms with Crippen molar-refractivity contribution in [2.75, 3.05) is 6.54 Å². The zero-order chi connectivity index (χ0) is 15.6. The van der Waals surface area contributed by atoms with Crippen LogP contribution in [0, 0.1) is 25.5 Å². The molecule has 2 rings (SSSR count). The maximum atomic E-state index is 14.3. The highest BCUT2D eigenvalue weighted by molar-refractivity contribution is 9.10. The second-order valence-corrected chi connectivity index (χ2v) is 5.99. The van der Waals surface area contributed by atoms with E-state index in [1.807, 2.05) is 32.0 Å². The zero-order valence-electron chi connectivity index (χ0n) is 12.3. The van der Waals surface area contributed by atoms with Crippen molar-refractivity contribution in [2.24, 2.45) is 0 Å². The Kier molecular flexibility index (Phi) is 5.12. The standard InChI is InChI=1S/C17H18BrF2N/c1-4-21-17(12-7-10(2)5-6-14(12)18)13-9-15(19)11(3)8-16(13)20/h5-9,17,21H,4H2,1-3H3. The molecule has 0 radical (unpaired) electrons. The molecule has 2 aromatic carbocycles. The van der Waals surface area contributed by atoms with Crippen LogP contribution >= 0.6 is 15.9 Å². The Balaban J connectivity index is 2.58. The fourth-order valence-electron chi connectivity index (χ4n) is 2.36. The molecule has 0 saturated carbocycles. The lowest BCUT2D eigenvalue weighted by Gasteiger charge is -2.22. The van der Waals surface area contributed by atoms with Gasteiger partial charge in [-0.15, -0.1) is 0 Å². The van der Waals surface area contributed by atoms with Gasteiger partial charge in [0.2, 0.25) is 0 Å². The van der Waals surface area contributed by atoms with E-state index in [0.717, 1.165) is 15.6 Å². The molecule has 0 aliphatic carbocycles. The van der Waals surface area contributed by atoms with Gasteiger partial charge in [-0.1, -0.05) is 40.5 Å². The number of rotatable bonds is 4. The Labute approximate surface area is 132 Å². The highest BCUT2D eigenvalue weighted by Gasteiger charge is 2.21. The summed E-state index contributed by atoms with van der Waals surface area (Å²) in [5, 5.41) is 3.23. The number of hydrogen-bond acceptors (Lipinski definition) is 1. The third-order valence-electron chi connectivity index (χ3n) is 3.46. The third kappa shape index (κ3) is 3.50. The second-order valence-electron chi connectivity index (χ2n) is 5.14. The molecule has 0 aliphatic rings. The summed E-state index contributed by atoms with van der Waals surface area (Å²) < 4.78 is 29.0. The molecule has 0 aromatic heterocycles. The average molecular weight is 354 g/mol. The molecule has 21 heavy (non-hydrogen) atoms. The molecule has 0 saturated heterocycles. The summed E-state index contributed by atoms with van der Waals surface area (Å²) in [6.07, 6.45) is 0. The van der Waals surface area contributed by atoms with Crippen LogP contribution < -0.4 is 5.32 Å². The van der Waals surface area contributed by atoms with E-state index >= 15 is 0 Å². The zero-order valence-corrected chi connectivity index (χ0v) is 13.9. The molecule has 1 N–H and O–H groups in total. The number of nitrogens with one attached hydrogen (secondary N) is 1. The van der Waals surface area contributed by atoms with E-state index in [4.69, 9.17) is 0 Å². The van der Waals surface area contributed by atoms with Gasteiger partial charge < -0.3 is 5.32 Å². The number of hydrogen-bond donors (Lipinski definition) is 1. The van der Waals surface area contributed by atoms with E-state index in [9.17, 15) is 8.78 Å². The van der Waals surface area contributed by atoms with Crippen molar-refractivity contribution in [1.29, 1.82) is 0 Å². The Hall–Kier alpha value is -1.26. The van der Waals surface area contributed by atoms with Gasteiger partial charge in [-0.05, 0) is 49.7 Å². The van der Waals surface area contributed by atoms with Crippen LogP contribution in [0.3, 0.4) is 0 Å². The summed E-state index contributed by atoms with van der Waals surface area (Å²) >= 11 is 3.50. The van der Waals surface area contributed by atoms with E-state index in [0.29, 0.717) is 17.7 Å². The molecule has 1 atom stereocenters. The maximum Gasteiger partial charge on any atom is 0.128 e. The van der Waals surface area contributed by atoms with Crippen LogP contribution in [-0.4, -0.2) is 6.54 Å². The van der Waals surface area contributed by atoms with E-state index in [2.05, 4.69) is 21.2 Å². The van der Waals surface area contributed by atoms with Gasteiger partial charge in [0.05, 0.1) is 6.04 Å². The maximum absolute atomic E-state index is 14.3. The van der Waals surface area contributed by atoms with Crippen LogP contribution in [0.1, 0.15) is 35.2 Å². The van der Waals surface area contributed by atoms with E-state index < -0.39 is 11.6 Å². The highest BCUT2D eigenvalue weighted by atomic mass is 79.9. The minimum Gasteiger partial charge on any atom is -0.306 e. The van der Waals surface area contributed by atoms with Gasteiger partial charge in [0, 0.05) is 10.0 Å². The van der Waals surface area contributed by atoms with Crippen molar-refractivity contribution >= 4 is 15.9 Å². The number of halogens is 3. The van der Waals surface area contributed by atoms with Crippen LogP contribution in [0.5, 0.6) is 0 Å². The molecule has 0 amide bonds. The predicted molar refractivity (Wildman–Crippen MR) is 85.5 cm³/mol. The smallest absolute Gasteiger partial charge is 0.128 e. The van der Waals surface area contributed by atoms with Crippen molar-refractivity contribution < 1.29 is 8.78 Å². The summed E-state index contributed by atoms with van der Waals surface area (Å²) in [4.78, 5) is 0. The van der Waals surface area contributed by atoms with Crippen molar-refractivity contribution in [3.8, 4) is 0 Å². The molecule has 0 bridgehead atoms. The topological polar surface area (TPSA) is 12.0 Å². The first-order valence-corrected chi connectivity index (χ1v) is 7.68. The lowest BCUT2D eigenvalue weighted by atomic mass is 9.95. The minimum absolute atomic E-state index is 0.315. The molecule has 1 nitrogen and oxygen atoms in total. The Morgan fingerprint density at radius 2 is 1.76 bits per heavy atom. The first-order chi connectivity index (χ1) is 9.93. The predicted octanol–water partition coefficient (Wildman–Crippen LogP) is 5.04. The van der Waals surface area contributed by atoms with E-state index in [1.165, 1.54) is 12.1 Å². The lowest BCUT2D eigenvalue weighted by molar-refractivity contribution is 0.540. The molecule has 112 valence electrons. The van der Waals surface area contributed by atoms with Gasteiger partial charge in [-0.3, -0.25) is 0 Å². The summed E-state index contributed by atoms with van der Waals surface area (Å²) in [5.74, 6) is -0.786. The van der Waals surface area contributed by atoms with Gasteiger partial charge in [-0.25, -0.2) is 8.78 Å². The van der Waals surface area contributed by atoms with E-state index in [1.54, 1.807) is 6.92 Å². The van der Waals surface area contributed by atoms with Gasteiger partial charge in [-0.2, -0.15) is 0 Å². The molecule has 2 aromatic rings. The van der Waals surface area contributed by atoms with Crippen molar-refractivity contribution in [3.05, 3.63) is 68.7 Å². The third-order valence-corrected chi connectivity index (χ3v) is 4.18.